The van der Waals surface area contributed by atoms with Gasteiger partial charge in [-0.1, -0.05) is 42.1 Å². The maximum atomic E-state index is 11.6. The highest BCUT2D eigenvalue weighted by Crippen LogP contribution is 2.22. The Balaban J connectivity index is 1.93. The molecule has 1 N–H and O–H groups in total. The van der Waals surface area contributed by atoms with E-state index < -0.39 is 0 Å². The molecular weight excluding hydrogens is 198 g/mol. The topological polar surface area (TPSA) is 46.2 Å². The highest BCUT2D eigenvalue weighted by Gasteiger charge is 2.28. The van der Waals surface area contributed by atoms with Gasteiger partial charge >= 0.3 is 0 Å². The number of hydrogen-bond acceptors (Lipinski definition) is 3. The Labute approximate surface area is 85.9 Å². The van der Waals surface area contributed by atoms with Crippen LogP contribution in [-0.2, 0) is 4.79 Å². The molecule has 1 fully saturated rings. The molecule has 1 saturated heterocycles. The van der Waals surface area contributed by atoms with Crippen LogP contribution in [0.1, 0.15) is 16.8 Å². The zero-order valence-electron chi connectivity index (χ0n) is 7.40. The largest absolute Gasteiger partial charge is 0.343 e. The summed E-state index contributed by atoms with van der Waals surface area (Å²) in [6.45, 7) is 0. The molecule has 1 aliphatic rings. The van der Waals surface area contributed by atoms with Gasteiger partial charge in [0.1, 0.15) is 0 Å². The van der Waals surface area contributed by atoms with Crippen molar-refractivity contribution in [2.24, 2.45) is 0 Å². The SMILES string of the molecule is O=C1CC(SC(=O)c2ccccc2)N1. The lowest BCUT2D eigenvalue weighted by molar-refractivity contribution is -0.126. The molecule has 4 heteroatoms. The molecule has 0 saturated carbocycles. The summed E-state index contributed by atoms with van der Waals surface area (Å²) in [5.41, 5.74) is 0.679. The molecule has 1 aliphatic heterocycles. The van der Waals surface area contributed by atoms with Crippen LogP contribution in [0.4, 0.5) is 0 Å². The first-order chi connectivity index (χ1) is 6.75. The van der Waals surface area contributed by atoms with Crippen LogP contribution in [-0.4, -0.2) is 16.4 Å². The third kappa shape index (κ3) is 1.96. The van der Waals surface area contributed by atoms with Gasteiger partial charge in [-0.2, -0.15) is 0 Å². The van der Waals surface area contributed by atoms with Gasteiger partial charge in [-0.05, 0) is 0 Å². The minimum absolute atomic E-state index is 0.00981. The lowest BCUT2D eigenvalue weighted by atomic mass is 10.2. The molecule has 3 nitrogen and oxygen atoms in total. The molecular formula is C10H9NO2S. The summed E-state index contributed by atoms with van der Waals surface area (Å²) in [4.78, 5) is 22.2. The fourth-order valence-corrected chi connectivity index (χ4v) is 2.13. The van der Waals surface area contributed by atoms with Crippen LogP contribution in [0.25, 0.3) is 0 Å². The number of nitrogens with one attached hydrogen (secondary N) is 1. The smallest absolute Gasteiger partial charge is 0.223 e. The lowest BCUT2D eigenvalue weighted by Crippen LogP contribution is -2.46. The first-order valence-corrected chi connectivity index (χ1v) is 5.19. The predicted octanol–water partition coefficient (Wildman–Crippen LogP) is 1.41. The van der Waals surface area contributed by atoms with E-state index in [9.17, 15) is 9.59 Å². The van der Waals surface area contributed by atoms with Gasteiger partial charge < -0.3 is 5.32 Å². The van der Waals surface area contributed by atoms with E-state index in [-0.39, 0.29) is 16.4 Å². The van der Waals surface area contributed by atoms with Crippen molar-refractivity contribution in [3.8, 4) is 0 Å². The number of carbonyl (C=O) groups is 2. The van der Waals surface area contributed by atoms with Gasteiger partial charge in [0.2, 0.25) is 11.0 Å². The minimum atomic E-state index is -0.0322. The molecule has 0 radical (unpaired) electrons. The van der Waals surface area contributed by atoms with Crippen LogP contribution in [0.5, 0.6) is 0 Å². The third-order valence-corrected chi connectivity index (χ3v) is 2.97. The zero-order valence-corrected chi connectivity index (χ0v) is 8.21. The minimum Gasteiger partial charge on any atom is -0.343 e. The summed E-state index contributed by atoms with van der Waals surface area (Å²) in [6.07, 6.45) is 0.448. The molecule has 1 aromatic carbocycles. The first kappa shape index (κ1) is 9.27. The first-order valence-electron chi connectivity index (χ1n) is 4.31. The van der Waals surface area contributed by atoms with Gasteiger partial charge in [0.15, 0.2) is 0 Å². The van der Waals surface area contributed by atoms with E-state index in [0.717, 1.165) is 0 Å². The second-order valence-corrected chi connectivity index (χ2v) is 4.21. The summed E-state index contributed by atoms with van der Waals surface area (Å²) in [5.74, 6) is 0.0170. The van der Waals surface area contributed by atoms with E-state index in [2.05, 4.69) is 5.32 Å². The van der Waals surface area contributed by atoms with Crippen molar-refractivity contribution in [3.05, 3.63) is 35.9 Å². The summed E-state index contributed by atoms with van der Waals surface area (Å²) in [6, 6.07) is 9.07. The van der Waals surface area contributed by atoms with Crippen molar-refractivity contribution in [1.82, 2.24) is 5.32 Å². The van der Waals surface area contributed by atoms with Crippen LogP contribution in [0.2, 0.25) is 0 Å². The average Bonchev–Trinajstić information content (AvgIpc) is 2.17. The monoisotopic (exact) mass is 207 g/mol. The van der Waals surface area contributed by atoms with Crippen LogP contribution >= 0.6 is 11.8 Å². The Morgan fingerprint density at radius 2 is 2.00 bits per heavy atom. The molecule has 1 atom stereocenters. The van der Waals surface area contributed by atoms with E-state index in [1.165, 1.54) is 11.8 Å². The van der Waals surface area contributed by atoms with E-state index in [4.69, 9.17) is 0 Å². The van der Waals surface area contributed by atoms with Gasteiger partial charge in [0.25, 0.3) is 0 Å². The molecule has 14 heavy (non-hydrogen) atoms. The van der Waals surface area contributed by atoms with Gasteiger partial charge in [-0.25, -0.2) is 0 Å². The van der Waals surface area contributed by atoms with Crippen molar-refractivity contribution < 1.29 is 9.59 Å². The molecule has 0 bridgehead atoms. The standard InChI is InChI=1S/C10H9NO2S/c12-8-6-9(11-8)14-10(13)7-4-2-1-3-5-7/h1-5,9H,6H2,(H,11,12). The van der Waals surface area contributed by atoms with Gasteiger partial charge in [-0.3, -0.25) is 9.59 Å². The van der Waals surface area contributed by atoms with Crippen molar-refractivity contribution in [3.63, 3.8) is 0 Å². The molecule has 1 heterocycles. The number of benzene rings is 1. The van der Waals surface area contributed by atoms with Gasteiger partial charge in [0.05, 0.1) is 11.8 Å². The molecule has 0 aliphatic carbocycles. The fraction of sp³-hybridized carbons (Fsp3) is 0.200. The zero-order chi connectivity index (χ0) is 9.97. The third-order valence-electron chi connectivity index (χ3n) is 1.95. The normalized spacial score (nSPS) is 19.7. The van der Waals surface area contributed by atoms with E-state index in [1.54, 1.807) is 12.1 Å². The van der Waals surface area contributed by atoms with Crippen LogP contribution in [0.3, 0.4) is 0 Å². The van der Waals surface area contributed by atoms with Gasteiger partial charge in [0, 0.05) is 5.56 Å². The molecule has 1 amide bonds. The summed E-state index contributed by atoms with van der Waals surface area (Å²) >= 11 is 1.17. The van der Waals surface area contributed by atoms with Crippen LogP contribution in [0.15, 0.2) is 30.3 Å². The lowest BCUT2D eigenvalue weighted by Gasteiger charge is -2.25. The fourth-order valence-electron chi connectivity index (χ4n) is 1.17. The number of thioether (sulfide) groups is 1. The second kappa shape index (κ2) is 3.84. The Morgan fingerprint density at radius 1 is 1.36 bits per heavy atom. The van der Waals surface area contributed by atoms with Crippen LogP contribution in [0, 0.1) is 0 Å². The van der Waals surface area contributed by atoms with Crippen molar-refractivity contribution in [2.75, 3.05) is 0 Å². The Bertz CT molecular complexity index is 356. The molecule has 1 unspecified atom stereocenters. The molecule has 0 aromatic heterocycles. The Hall–Kier alpha value is -1.29. The second-order valence-electron chi connectivity index (χ2n) is 3.03. The number of rotatable bonds is 2. The van der Waals surface area contributed by atoms with Crippen molar-refractivity contribution in [2.45, 2.75) is 11.8 Å². The predicted molar refractivity (Wildman–Crippen MR) is 54.9 cm³/mol. The highest BCUT2D eigenvalue weighted by molar-refractivity contribution is 8.14. The number of carbonyl (C=O) groups excluding carboxylic acids is 2. The quantitative estimate of drug-likeness (QED) is 0.746. The van der Waals surface area contributed by atoms with E-state index >= 15 is 0 Å². The molecule has 0 spiro atoms. The summed E-state index contributed by atoms with van der Waals surface area (Å²) in [7, 11) is 0. The number of β-lactam (4-membered cyclic amide) rings is 1. The van der Waals surface area contributed by atoms with Gasteiger partial charge in [-0.15, -0.1) is 0 Å². The van der Waals surface area contributed by atoms with E-state index in [0.29, 0.717) is 12.0 Å². The maximum Gasteiger partial charge on any atom is 0.223 e. The Kier molecular flexibility index (Phi) is 2.54. The number of hydrogen-bond donors (Lipinski definition) is 1. The molecule has 1 aromatic rings. The average molecular weight is 207 g/mol. The number of amides is 1. The summed E-state index contributed by atoms with van der Waals surface area (Å²) in [5, 5.41) is 2.62. The van der Waals surface area contributed by atoms with Crippen molar-refractivity contribution in [1.29, 1.82) is 0 Å². The molecule has 72 valence electrons. The van der Waals surface area contributed by atoms with E-state index in [1.807, 2.05) is 18.2 Å². The Morgan fingerprint density at radius 3 is 2.57 bits per heavy atom. The highest BCUT2D eigenvalue weighted by atomic mass is 32.2. The molecule has 2 rings (SSSR count). The maximum absolute atomic E-state index is 11.6. The summed E-state index contributed by atoms with van der Waals surface area (Å²) < 4.78 is 0. The van der Waals surface area contributed by atoms with Crippen molar-refractivity contribution >= 4 is 22.8 Å². The van der Waals surface area contributed by atoms with Crippen LogP contribution < -0.4 is 5.32 Å².